The van der Waals surface area contributed by atoms with Gasteiger partial charge in [0.1, 0.15) is 5.82 Å². The number of methoxy groups -OCH3 is 1. The lowest BCUT2D eigenvalue weighted by molar-refractivity contribution is 0.185. The Morgan fingerprint density at radius 2 is 2.11 bits per heavy atom. The molecule has 2 aromatic rings. The second kappa shape index (κ2) is 5.91. The summed E-state index contributed by atoms with van der Waals surface area (Å²) >= 11 is 5.66. The van der Waals surface area contributed by atoms with E-state index in [-0.39, 0.29) is 5.02 Å². The molecule has 100 valence electrons. The van der Waals surface area contributed by atoms with E-state index in [1.165, 1.54) is 12.1 Å². The molecule has 0 heterocycles. The third-order valence-corrected chi connectivity index (χ3v) is 2.90. The van der Waals surface area contributed by atoms with Gasteiger partial charge in [0.05, 0.1) is 23.0 Å². The van der Waals surface area contributed by atoms with E-state index in [1.807, 2.05) is 24.3 Å². The number of hydrogen-bond acceptors (Lipinski definition) is 3. The van der Waals surface area contributed by atoms with Gasteiger partial charge in [0.15, 0.2) is 0 Å². The molecular weight excluding hydrogens is 267 g/mol. The summed E-state index contributed by atoms with van der Waals surface area (Å²) in [5, 5.41) is 3.07. The summed E-state index contributed by atoms with van der Waals surface area (Å²) in [6.07, 6.45) is 0. The minimum Gasteiger partial charge on any atom is -0.397 e. The molecule has 2 rings (SSSR count). The second-order valence-corrected chi connectivity index (χ2v) is 4.52. The van der Waals surface area contributed by atoms with Gasteiger partial charge in [0, 0.05) is 18.9 Å². The highest BCUT2D eigenvalue weighted by Gasteiger charge is 2.06. The lowest BCUT2D eigenvalue weighted by Gasteiger charge is -2.11. The molecule has 0 spiro atoms. The number of ether oxygens (including phenoxy) is 1. The van der Waals surface area contributed by atoms with E-state index in [0.29, 0.717) is 18.0 Å². The van der Waals surface area contributed by atoms with Gasteiger partial charge in [-0.05, 0) is 23.8 Å². The van der Waals surface area contributed by atoms with Crippen LogP contribution in [0.15, 0.2) is 36.4 Å². The first-order valence-corrected chi connectivity index (χ1v) is 6.07. The minimum atomic E-state index is -0.508. The van der Waals surface area contributed by atoms with Crippen LogP contribution in [0.3, 0.4) is 0 Å². The fourth-order valence-electron chi connectivity index (χ4n) is 1.73. The zero-order valence-corrected chi connectivity index (χ0v) is 11.2. The number of nitrogen functional groups attached to an aromatic ring is 1. The maximum absolute atomic E-state index is 13.4. The van der Waals surface area contributed by atoms with Crippen molar-refractivity contribution in [2.24, 2.45) is 0 Å². The number of benzene rings is 2. The number of hydrogen-bond donors (Lipinski definition) is 2. The Bertz CT molecular complexity index is 590. The molecule has 0 bridgehead atoms. The van der Waals surface area contributed by atoms with Crippen LogP contribution in [0, 0.1) is 5.82 Å². The van der Waals surface area contributed by atoms with Crippen molar-refractivity contribution in [2.75, 3.05) is 18.2 Å². The Labute approximate surface area is 116 Å². The second-order valence-electron chi connectivity index (χ2n) is 4.11. The predicted octanol–water partition coefficient (Wildman–Crippen LogP) is 3.95. The average Bonchev–Trinajstić information content (AvgIpc) is 2.37. The van der Waals surface area contributed by atoms with Crippen LogP contribution < -0.4 is 11.1 Å². The van der Waals surface area contributed by atoms with E-state index in [9.17, 15) is 4.39 Å². The normalized spacial score (nSPS) is 10.5. The van der Waals surface area contributed by atoms with Gasteiger partial charge in [-0.3, -0.25) is 0 Å². The highest BCUT2D eigenvalue weighted by atomic mass is 35.5. The molecule has 0 amide bonds. The molecule has 0 fully saturated rings. The van der Waals surface area contributed by atoms with E-state index < -0.39 is 5.82 Å². The van der Waals surface area contributed by atoms with E-state index >= 15 is 0 Å². The zero-order valence-electron chi connectivity index (χ0n) is 10.4. The Balaban J connectivity index is 2.25. The molecule has 0 saturated heterocycles. The molecule has 3 N–H and O–H groups in total. The maximum Gasteiger partial charge on any atom is 0.144 e. The van der Waals surface area contributed by atoms with Gasteiger partial charge in [0.25, 0.3) is 0 Å². The number of nitrogens with one attached hydrogen (secondary N) is 1. The molecule has 0 aliphatic carbocycles. The van der Waals surface area contributed by atoms with Crippen LogP contribution >= 0.6 is 11.6 Å². The highest BCUT2D eigenvalue weighted by molar-refractivity contribution is 6.31. The smallest absolute Gasteiger partial charge is 0.144 e. The standard InChI is InChI=1S/C14H14ClFN2O/c1-19-8-9-3-2-4-10(5-9)18-14-7-12(16)11(15)6-13(14)17/h2-7,18H,8,17H2,1H3. The van der Waals surface area contributed by atoms with Crippen LogP contribution in [0.2, 0.25) is 5.02 Å². The molecule has 2 aromatic carbocycles. The van der Waals surface area contributed by atoms with Gasteiger partial charge >= 0.3 is 0 Å². The van der Waals surface area contributed by atoms with Crippen LogP contribution in [-0.2, 0) is 11.3 Å². The summed E-state index contributed by atoms with van der Waals surface area (Å²) in [4.78, 5) is 0. The Morgan fingerprint density at radius 3 is 2.84 bits per heavy atom. The molecule has 3 nitrogen and oxygen atoms in total. The van der Waals surface area contributed by atoms with Gasteiger partial charge in [-0.15, -0.1) is 0 Å². The van der Waals surface area contributed by atoms with Gasteiger partial charge in [-0.1, -0.05) is 23.7 Å². The molecule has 0 aliphatic heterocycles. The summed E-state index contributed by atoms with van der Waals surface area (Å²) in [7, 11) is 1.63. The molecule has 0 unspecified atom stereocenters. The number of anilines is 3. The molecule has 0 aromatic heterocycles. The third kappa shape index (κ3) is 3.36. The molecule has 0 atom stereocenters. The first kappa shape index (κ1) is 13.6. The fraction of sp³-hybridized carbons (Fsp3) is 0.143. The summed E-state index contributed by atoms with van der Waals surface area (Å²) in [5.41, 5.74) is 8.49. The molecule has 5 heteroatoms. The summed E-state index contributed by atoms with van der Waals surface area (Å²) in [6.45, 7) is 0.514. The highest BCUT2D eigenvalue weighted by Crippen LogP contribution is 2.29. The quantitative estimate of drug-likeness (QED) is 0.834. The average molecular weight is 281 g/mol. The van der Waals surface area contributed by atoms with Crippen molar-refractivity contribution >= 4 is 28.7 Å². The molecule has 0 saturated carbocycles. The van der Waals surface area contributed by atoms with Gasteiger partial charge in [0.2, 0.25) is 0 Å². The Morgan fingerprint density at radius 1 is 1.32 bits per heavy atom. The van der Waals surface area contributed by atoms with Gasteiger partial charge < -0.3 is 15.8 Å². The predicted molar refractivity (Wildman–Crippen MR) is 76.3 cm³/mol. The number of rotatable bonds is 4. The largest absolute Gasteiger partial charge is 0.397 e. The van der Waals surface area contributed by atoms with Crippen molar-refractivity contribution in [3.05, 3.63) is 52.8 Å². The van der Waals surface area contributed by atoms with Crippen molar-refractivity contribution in [1.82, 2.24) is 0 Å². The first-order valence-electron chi connectivity index (χ1n) is 5.69. The molecule has 19 heavy (non-hydrogen) atoms. The minimum absolute atomic E-state index is 0.0104. The van der Waals surface area contributed by atoms with E-state index in [2.05, 4.69) is 5.32 Å². The van der Waals surface area contributed by atoms with Crippen LogP contribution in [0.4, 0.5) is 21.5 Å². The molecular formula is C14H14ClFN2O. The fourth-order valence-corrected chi connectivity index (χ4v) is 1.90. The van der Waals surface area contributed by atoms with Crippen molar-refractivity contribution < 1.29 is 9.13 Å². The van der Waals surface area contributed by atoms with Crippen LogP contribution in [0.1, 0.15) is 5.56 Å². The van der Waals surface area contributed by atoms with Gasteiger partial charge in [-0.25, -0.2) is 4.39 Å². The zero-order chi connectivity index (χ0) is 13.8. The third-order valence-electron chi connectivity index (χ3n) is 2.61. The Kier molecular flexibility index (Phi) is 4.24. The summed E-state index contributed by atoms with van der Waals surface area (Å²) in [6, 6.07) is 10.3. The van der Waals surface area contributed by atoms with Gasteiger partial charge in [-0.2, -0.15) is 0 Å². The SMILES string of the molecule is COCc1cccc(Nc2cc(F)c(Cl)cc2N)c1. The van der Waals surface area contributed by atoms with Crippen LogP contribution in [0.5, 0.6) is 0 Å². The van der Waals surface area contributed by atoms with Crippen molar-refractivity contribution in [2.45, 2.75) is 6.61 Å². The van der Waals surface area contributed by atoms with Crippen molar-refractivity contribution in [3.63, 3.8) is 0 Å². The van der Waals surface area contributed by atoms with Crippen molar-refractivity contribution in [3.8, 4) is 0 Å². The van der Waals surface area contributed by atoms with Crippen LogP contribution in [0.25, 0.3) is 0 Å². The van der Waals surface area contributed by atoms with E-state index in [4.69, 9.17) is 22.1 Å². The Hall–Kier alpha value is -1.78. The van der Waals surface area contributed by atoms with Crippen molar-refractivity contribution in [1.29, 1.82) is 0 Å². The topological polar surface area (TPSA) is 47.3 Å². The number of nitrogens with two attached hydrogens (primary N) is 1. The number of halogens is 2. The first-order chi connectivity index (χ1) is 9.10. The van der Waals surface area contributed by atoms with Crippen LogP contribution in [-0.4, -0.2) is 7.11 Å². The maximum atomic E-state index is 13.4. The molecule has 0 aliphatic rings. The monoisotopic (exact) mass is 280 g/mol. The van der Waals surface area contributed by atoms with E-state index in [1.54, 1.807) is 7.11 Å². The lowest BCUT2D eigenvalue weighted by atomic mass is 10.2. The van der Waals surface area contributed by atoms with E-state index in [0.717, 1.165) is 11.3 Å². The lowest BCUT2D eigenvalue weighted by Crippen LogP contribution is -1.98. The summed E-state index contributed by atoms with van der Waals surface area (Å²) in [5.74, 6) is -0.508. The molecule has 0 radical (unpaired) electrons. The summed E-state index contributed by atoms with van der Waals surface area (Å²) < 4.78 is 18.5.